The molecule has 0 bridgehead atoms. The Labute approximate surface area is 150 Å². The summed E-state index contributed by atoms with van der Waals surface area (Å²) in [5.74, 6) is -0.906. The Bertz CT molecular complexity index is 992. The van der Waals surface area contributed by atoms with Crippen molar-refractivity contribution in [2.24, 2.45) is 7.05 Å². The Morgan fingerprint density at radius 2 is 1.88 bits per heavy atom. The number of hydrogen-bond donors (Lipinski definition) is 1. The number of halogens is 1. The summed E-state index contributed by atoms with van der Waals surface area (Å²) in [6.45, 7) is 1.82. The van der Waals surface area contributed by atoms with Crippen molar-refractivity contribution >= 4 is 39.9 Å². The smallest absolute Gasteiger partial charge is 0.296 e. The van der Waals surface area contributed by atoms with Gasteiger partial charge in [0.25, 0.3) is 11.7 Å². The van der Waals surface area contributed by atoms with Gasteiger partial charge < -0.3 is 14.6 Å². The maximum Gasteiger partial charge on any atom is 0.296 e. The Hall–Kier alpha value is -2.79. The maximum absolute atomic E-state index is 12.8. The third-order valence-corrected chi connectivity index (χ3v) is 4.48. The summed E-state index contributed by atoms with van der Waals surface area (Å²) < 4.78 is 7.09. The number of benzene rings is 2. The molecule has 1 N–H and O–H groups in total. The van der Waals surface area contributed by atoms with Crippen LogP contribution in [-0.2, 0) is 11.8 Å². The van der Waals surface area contributed by atoms with Crippen molar-refractivity contribution in [3.63, 3.8) is 0 Å². The summed E-state index contributed by atoms with van der Waals surface area (Å²) in [6, 6.07) is 12.3. The molecule has 5 nitrogen and oxygen atoms in total. The van der Waals surface area contributed by atoms with Gasteiger partial charge in [0.2, 0.25) is 0 Å². The van der Waals surface area contributed by atoms with Crippen LogP contribution in [-0.4, -0.2) is 23.4 Å². The Balaban J connectivity index is 1.99. The average Bonchev–Trinajstić information content (AvgIpc) is 2.86. The van der Waals surface area contributed by atoms with Gasteiger partial charge in [0.1, 0.15) is 5.75 Å². The zero-order valence-corrected chi connectivity index (χ0v) is 14.8. The number of aryl methyl sites for hydroxylation is 1. The Morgan fingerprint density at radius 3 is 2.60 bits per heavy atom. The van der Waals surface area contributed by atoms with E-state index in [1.807, 2.05) is 42.8 Å². The van der Waals surface area contributed by atoms with Crippen LogP contribution >= 0.6 is 11.6 Å². The number of Topliss-reactive ketones (excluding diaryl/α,β-unsaturated/α-hetero) is 1. The molecule has 0 spiro atoms. The van der Waals surface area contributed by atoms with E-state index in [1.165, 1.54) is 7.11 Å². The first-order valence-corrected chi connectivity index (χ1v) is 8.05. The van der Waals surface area contributed by atoms with Gasteiger partial charge in [-0.2, -0.15) is 0 Å². The zero-order valence-electron chi connectivity index (χ0n) is 14.1. The highest BCUT2D eigenvalue weighted by Gasteiger charge is 2.24. The lowest BCUT2D eigenvalue weighted by atomic mass is 10.1. The average molecular weight is 357 g/mol. The van der Waals surface area contributed by atoms with Crippen LogP contribution in [0.2, 0.25) is 5.02 Å². The molecule has 2 aromatic carbocycles. The van der Waals surface area contributed by atoms with E-state index < -0.39 is 11.7 Å². The lowest BCUT2D eigenvalue weighted by Crippen LogP contribution is -2.23. The van der Waals surface area contributed by atoms with Gasteiger partial charge in [-0.05, 0) is 31.2 Å². The number of nitrogens with zero attached hydrogens (tertiary/aromatic N) is 1. The van der Waals surface area contributed by atoms with E-state index in [0.717, 1.165) is 16.6 Å². The summed E-state index contributed by atoms with van der Waals surface area (Å²) in [6.07, 6.45) is 0. The molecule has 25 heavy (non-hydrogen) atoms. The minimum absolute atomic E-state index is 0.353. The van der Waals surface area contributed by atoms with Gasteiger partial charge in [-0.15, -0.1) is 0 Å². The molecule has 1 amide bonds. The molecule has 0 unspecified atom stereocenters. The molecule has 0 aliphatic heterocycles. The predicted octanol–water partition coefficient (Wildman–Crippen LogP) is 3.97. The topological polar surface area (TPSA) is 60.3 Å². The van der Waals surface area contributed by atoms with E-state index in [2.05, 4.69) is 5.32 Å². The fourth-order valence-electron chi connectivity index (χ4n) is 2.88. The molecule has 0 aliphatic rings. The van der Waals surface area contributed by atoms with Gasteiger partial charge in [0.05, 0.1) is 18.4 Å². The highest BCUT2D eigenvalue weighted by atomic mass is 35.5. The maximum atomic E-state index is 12.8. The standard InChI is InChI=1S/C19H17ClN2O3/c1-11-17(13-6-4-5-7-15(13)22(11)2)18(23)19(24)21-14-10-12(20)8-9-16(14)25-3/h4-10H,1-3H3,(H,21,24). The van der Waals surface area contributed by atoms with Crippen molar-refractivity contribution in [1.29, 1.82) is 0 Å². The number of methoxy groups -OCH3 is 1. The number of ether oxygens (including phenoxy) is 1. The van der Waals surface area contributed by atoms with E-state index in [9.17, 15) is 9.59 Å². The van der Waals surface area contributed by atoms with E-state index in [1.54, 1.807) is 18.2 Å². The largest absolute Gasteiger partial charge is 0.495 e. The second-order valence-electron chi connectivity index (χ2n) is 5.66. The van der Waals surface area contributed by atoms with Crippen molar-refractivity contribution in [2.45, 2.75) is 6.92 Å². The van der Waals surface area contributed by atoms with Gasteiger partial charge in [0.15, 0.2) is 0 Å². The van der Waals surface area contributed by atoms with E-state index >= 15 is 0 Å². The number of ketones is 1. The number of amides is 1. The van der Waals surface area contributed by atoms with Crippen molar-refractivity contribution in [3.05, 3.63) is 58.7 Å². The quantitative estimate of drug-likeness (QED) is 0.568. The second kappa shape index (κ2) is 6.61. The number of para-hydroxylation sites is 1. The van der Waals surface area contributed by atoms with Crippen molar-refractivity contribution < 1.29 is 14.3 Å². The van der Waals surface area contributed by atoms with Crippen LogP contribution < -0.4 is 10.1 Å². The van der Waals surface area contributed by atoms with Crippen LogP contribution in [0.15, 0.2) is 42.5 Å². The molecule has 0 radical (unpaired) electrons. The summed E-state index contributed by atoms with van der Waals surface area (Å²) in [4.78, 5) is 25.3. The molecule has 0 saturated carbocycles. The van der Waals surface area contributed by atoms with E-state index in [-0.39, 0.29) is 0 Å². The van der Waals surface area contributed by atoms with Crippen LogP contribution in [0, 0.1) is 6.92 Å². The van der Waals surface area contributed by atoms with Gasteiger partial charge >= 0.3 is 0 Å². The van der Waals surface area contributed by atoms with Crippen LogP contribution in [0.25, 0.3) is 10.9 Å². The highest BCUT2D eigenvalue weighted by Crippen LogP contribution is 2.29. The van der Waals surface area contributed by atoms with Gasteiger partial charge in [0, 0.05) is 28.7 Å². The minimum atomic E-state index is -0.736. The molecule has 6 heteroatoms. The van der Waals surface area contributed by atoms with Crippen LogP contribution in [0.1, 0.15) is 16.1 Å². The monoisotopic (exact) mass is 356 g/mol. The third kappa shape index (κ3) is 2.98. The number of aromatic nitrogens is 1. The second-order valence-corrected chi connectivity index (χ2v) is 6.10. The number of nitrogens with one attached hydrogen (secondary N) is 1. The number of carbonyl (C=O) groups excluding carboxylic acids is 2. The molecule has 1 heterocycles. The zero-order chi connectivity index (χ0) is 18.1. The first kappa shape index (κ1) is 17.0. The molecule has 128 valence electrons. The van der Waals surface area contributed by atoms with Crippen molar-refractivity contribution in [2.75, 3.05) is 12.4 Å². The number of anilines is 1. The highest BCUT2D eigenvalue weighted by molar-refractivity contribution is 6.49. The third-order valence-electron chi connectivity index (χ3n) is 4.24. The molecule has 0 atom stereocenters. The summed E-state index contributed by atoms with van der Waals surface area (Å²) >= 11 is 5.97. The van der Waals surface area contributed by atoms with E-state index in [4.69, 9.17) is 16.3 Å². The number of hydrogen-bond acceptors (Lipinski definition) is 3. The van der Waals surface area contributed by atoms with Crippen LogP contribution in [0.3, 0.4) is 0 Å². The minimum Gasteiger partial charge on any atom is -0.495 e. The predicted molar refractivity (Wildman–Crippen MR) is 98.6 cm³/mol. The Kier molecular flexibility index (Phi) is 4.51. The molecular weight excluding hydrogens is 340 g/mol. The number of fused-ring (bicyclic) bond motifs is 1. The van der Waals surface area contributed by atoms with Crippen LogP contribution in [0.5, 0.6) is 5.75 Å². The first-order chi connectivity index (χ1) is 11.9. The van der Waals surface area contributed by atoms with Crippen molar-refractivity contribution in [3.8, 4) is 5.75 Å². The van der Waals surface area contributed by atoms with Gasteiger partial charge in [-0.3, -0.25) is 9.59 Å². The molecule has 3 rings (SSSR count). The first-order valence-electron chi connectivity index (χ1n) is 7.67. The molecular formula is C19H17ClN2O3. The molecule has 3 aromatic rings. The summed E-state index contributed by atoms with van der Waals surface area (Å²) in [5.41, 5.74) is 2.39. The molecule has 1 aromatic heterocycles. The number of carbonyl (C=O) groups is 2. The molecule has 0 fully saturated rings. The fraction of sp³-hybridized carbons (Fsp3) is 0.158. The molecule has 0 aliphatic carbocycles. The number of rotatable bonds is 4. The normalized spacial score (nSPS) is 10.7. The van der Waals surface area contributed by atoms with Crippen molar-refractivity contribution in [1.82, 2.24) is 4.57 Å². The Morgan fingerprint density at radius 1 is 1.16 bits per heavy atom. The SMILES string of the molecule is COc1ccc(Cl)cc1NC(=O)C(=O)c1c(C)n(C)c2ccccc12. The van der Waals surface area contributed by atoms with Gasteiger partial charge in [-0.25, -0.2) is 0 Å². The molecule has 0 saturated heterocycles. The lowest BCUT2D eigenvalue weighted by Gasteiger charge is -2.10. The fourth-order valence-corrected chi connectivity index (χ4v) is 3.05. The summed E-state index contributed by atoms with van der Waals surface area (Å²) in [5, 5.41) is 3.78. The van der Waals surface area contributed by atoms with Gasteiger partial charge in [-0.1, -0.05) is 29.8 Å². The lowest BCUT2D eigenvalue weighted by molar-refractivity contribution is -0.112. The summed E-state index contributed by atoms with van der Waals surface area (Å²) in [7, 11) is 3.35. The van der Waals surface area contributed by atoms with E-state index in [0.29, 0.717) is 22.0 Å². The van der Waals surface area contributed by atoms with Crippen LogP contribution in [0.4, 0.5) is 5.69 Å².